The van der Waals surface area contributed by atoms with Gasteiger partial charge in [-0.2, -0.15) is 0 Å². The van der Waals surface area contributed by atoms with Gasteiger partial charge in [0.1, 0.15) is 0 Å². The molecule has 0 unspecified atom stereocenters. The molecule has 0 aromatic heterocycles. The van der Waals surface area contributed by atoms with Crippen LogP contribution in [-0.4, -0.2) is 5.11 Å². The summed E-state index contributed by atoms with van der Waals surface area (Å²) < 4.78 is 0. The Morgan fingerprint density at radius 1 is 1.24 bits per heavy atom. The van der Waals surface area contributed by atoms with Gasteiger partial charge in [0.25, 0.3) is 0 Å². The molecule has 1 aromatic carbocycles. The second kappa shape index (κ2) is 4.89. The number of rotatable bonds is 3. The summed E-state index contributed by atoms with van der Waals surface area (Å²) in [5, 5.41) is 10.2. The fraction of sp³-hybridized carbons (Fsp3) is 0.375. The minimum Gasteiger partial charge on any atom is -0.385 e. The van der Waals surface area contributed by atoms with E-state index in [1.54, 1.807) is 0 Å². The molecule has 2 rings (SSSR count). The van der Waals surface area contributed by atoms with E-state index in [9.17, 15) is 5.11 Å². The minimum absolute atomic E-state index is 0.540. The Kier molecular flexibility index (Phi) is 3.49. The molecule has 0 bridgehead atoms. The van der Waals surface area contributed by atoms with Crippen molar-refractivity contribution in [3.05, 3.63) is 53.1 Å². The summed E-state index contributed by atoms with van der Waals surface area (Å²) in [6.45, 7) is 4.12. The minimum atomic E-state index is -0.540. The highest BCUT2D eigenvalue weighted by atomic mass is 16.3. The van der Waals surface area contributed by atoms with Crippen molar-refractivity contribution in [1.29, 1.82) is 0 Å². The lowest BCUT2D eigenvalue weighted by molar-refractivity contribution is -0.0387. The third-order valence-corrected chi connectivity index (χ3v) is 3.62. The van der Waals surface area contributed by atoms with Crippen LogP contribution < -0.4 is 0 Å². The van der Waals surface area contributed by atoms with E-state index >= 15 is 0 Å². The Bertz CT molecular complexity index is 433. The zero-order valence-electron chi connectivity index (χ0n) is 10.6. The Balaban J connectivity index is 2.11. The Labute approximate surface area is 103 Å². The first kappa shape index (κ1) is 12.1. The molecule has 1 fully saturated rings. The predicted octanol–water partition coefficient (Wildman–Crippen LogP) is 4.04. The topological polar surface area (TPSA) is 20.2 Å². The van der Waals surface area contributed by atoms with E-state index in [1.165, 1.54) is 11.1 Å². The molecular weight excluding hydrogens is 208 g/mol. The molecule has 90 valence electrons. The third kappa shape index (κ3) is 2.67. The van der Waals surface area contributed by atoms with Crippen molar-refractivity contribution in [3.8, 4) is 0 Å². The van der Waals surface area contributed by atoms with Crippen LogP contribution in [0.3, 0.4) is 0 Å². The van der Waals surface area contributed by atoms with Gasteiger partial charge >= 0.3 is 0 Å². The van der Waals surface area contributed by atoms with Crippen LogP contribution in [0.4, 0.5) is 0 Å². The van der Waals surface area contributed by atoms with Gasteiger partial charge in [-0.3, -0.25) is 0 Å². The lowest BCUT2D eigenvalue weighted by Crippen LogP contribution is -2.33. The van der Waals surface area contributed by atoms with Crippen LogP contribution in [0.15, 0.2) is 42.0 Å². The van der Waals surface area contributed by atoms with Crippen molar-refractivity contribution in [2.45, 2.75) is 38.7 Å². The van der Waals surface area contributed by atoms with Gasteiger partial charge in [-0.1, -0.05) is 48.1 Å². The molecule has 1 aliphatic carbocycles. The van der Waals surface area contributed by atoms with E-state index in [1.807, 2.05) is 19.1 Å². The largest absolute Gasteiger partial charge is 0.385 e. The van der Waals surface area contributed by atoms with Gasteiger partial charge in [-0.15, -0.1) is 0 Å². The molecule has 0 radical (unpaired) electrons. The van der Waals surface area contributed by atoms with Crippen LogP contribution in [0.1, 0.15) is 44.2 Å². The van der Waals surface area contributed by atoms with Crippen molar-refractivity contribution >= 4 is 6.08 Å². The monoisotopic (exact) mass is 228 g/mol. The normalized spacial score (nSPS) is 19.4. The van der Waals surface area contributed by atoms with Gasteiger partial charge in [0, 0.05) is 0 Å². The molecule has 1 aromatic rings. The molecule has 0 atom stereocenters. The summed E-state index contributed by atoms with van der Waals surface area (Å²) in [5.41, 5.74) is 2.95. The summed E-state index contributed by atoms with van der Waals surface area (Å²) >= 11 is 0. The van der Waals surface area contributed by atoms with Crippen molar-refractivity contribution in [2.24, 2.45) is 0 Å². The molecule has 1 aliphatic rings. The third-order valence-electron chi connectivity index (χ3n) is 3.62. The van der Waals surface area contributed by atoms with Crippen LogP contribution in [0, 0.1) is 0 Å². The van der Waals surface area contributed by atoms with Crippen LogP contribution in [-0.2, 0) is 5.60 Å². The summed E-state index contributed by atoms with van der Waals surface area (Å²) in [7, 11) is 0. The van der Waals surface area contributed by atoms with Crippen LogP contribution >= 0.6 is 0 Å². The zero-order valence-corrected chi connectivity index (χ0v) is 10.6. The second-order valence-corrected chi connectivity index (χ2v) is 4.87. The quantitative estimate of drug-likeness (QED) is 0.774. The Morgan fingerprint density at radius 3 is 2.35 bits per heavy atom. The highest BCUT2D eigenvalue weighted by Crippen LogP contribution is 2.40. The number of aliphatic hydroxyl groups is 1. The smallest absolute Gasteiger partial charge is 0.0896 e. The van der Waals surface area contributed by atoms with Gasteiger partial charge in [0.15, 0.2) is 0 Å². The maximum Gasteiger partial charge on any atom is 0.0896 e. The maximum atomic E-state index is 10.2. The van der Waals surface area contributed by atoms with Gasteiger partial charge in [-0.05, 0) is 44.2 Å². The average molecular weight is 228 g/mol. The predicted molar refractivity (Wildman–Crippen MR) is 72.7 cm³/mol. The molecule has 0 saturated heterocycles. The lowest BCUT2D eigenvalue weighted by atomic mass is 9.75. The molecule has 0 amide bonds. The second-order valence-electron chi connectivity index (χ2n) is 4.87. The average Bonchev–Trinajstić information content (AvgIpc) is 2.33. The van der Waals surface area contributed by atoms with Crippen LogP contribution in [0.25, 0.3) is 6.08 Å². The summed E-state index contributed by atoms with van der Waals surface area (Å²) in [5.74, 6) is 0. The number of hydrogen-bond acceptors (Lipinski definition) is 1. The van der Waals surface area contributed by atoms with Crippen LogP contribution in [0.5, 0.6) is 0 Å². The molecular formula is C16H20O. The lowest BCUT2D eigenvalue weighted by Gasteiger charge is -2.37. The summed E-state index contributed by atoms with van der Waals surface area (Å²) in [6, 6.07) is 8.24. The van der Waals surface area contributed by atoms with Crippen molar-refractivity contribution in [2.75, 3.05) is 0 Å². The zero-order chi connectivity index (χ0) is 12.3. The highest BCUT2D eigenvalue weighted by Gasteiger charge is 2.35. The number of benzene rings is 1. The first-order chi connectivity index (χ1) is 8.14. The van der Waals surface area contributed by atoms with Crippen molar-refractivity contribution < 1.29 is 5.11 Å². The van der Waals surface area contributed by atoms with Gasteiger partial charge < -0.3 is 5.11 Å². The summed E-state index contributed by atoms with van der Waals surface area (Å²) in [6.07, 6.45) is 9.23. The standard InChI is InChI=1S/C16H20O/c1-3-13(2)5-6-14-7-9-15(10-8-14)16(17)11-4-12-16/h3,5-10,17H,4,11-12H2,1-2H3. The van der Waals surface area contributed by atoms with E-state index in [2.05, 4.69) is 37.3 Å². The maximum absolute atomic E-state index is 10.2. The first-order valence-corrected chi connectivity index (χ1v) is 6.28. The molecule has 1 heteroatoms. The van der Waals surface area contributed by atoms with Crippen LogP contribution in [0.2, 0.25) is 0 Å². The van der Waals surface area contributed by atoms with Gasteiger partial charge in [-0.25, -0.2) is 0 Å². The molecule has 0 spiro atoms. The number of hydrogen-bond donors (Lipinski definition) is 1. The Morgan fingerprint density at radius 2 is 1.88 bits per heavy atom. The molecule has 1 N–H and O–H groups in total. The van der Waals surface area contributed by atoms with E-state index in [0.717, 1.165) is 24.8 Å². The fourth-order valence-electron chi connectivity index (χ4n) is 2.03. The molecule has 1 nitrogen and oxygen atoms in total. The van der Waals surface area contributed by atoms with Crippen molar-refractivity contribution in [3.63, 3.8) is 0 Å². The van der Waals surface area contributed by atoms with E-state index in [0.29, 0.717) is 0 Å². The molecule has 17 heavy (non-hydrogen) atoms. The molecule has 1 saturated carbocycles. The van der Waals surface area contributed by atoms with E-state index in [-0.39, 0.29) is 0 Å². The van der Waals surface area contributed by atoms with Crippen molar-refractivity contribution in [1.82, 2.24) is 0 Å². The van der Waals surface area contributed by atoms with Gasteiger partial charge in [0.2, 0.25) is 0 Å². The Hall–Kier alpha value is -1.34. The number of allylic oxidation sites excluding steroid dienone is 3. The van der Waals surface area contributed by atoms with Gasteiger partial charge in [0.05, 0.1) is 5.60 Å². The molecule has 0 aliphatic heterocycles. The van der Waals surface area contributed by atoms with E-state index < -0.39 is 5.60 Å². The van der Waals surface area contributed by atoms with E-state index in [4.69, 9.17) is 0 Å². The first-order valence-electron chi connectivity index (χ1n) is 6.28. The highest BCUT2D eigenvalue weighted by molar-refractivity contribution is 5.53. The summed E-state index contributed by atoms with van der Waals surface area (Å²) in [4.78, 5) is 0. The molecule has 0 heterocycles. The fourth-order valence-corrected chi connectivity index (χ4v) is 2.03. The SMILES string of the molecule is CC=C(C)C=Cc1ccc(C2(O)CCC2)cc1.